The minimum atomic E-state index is -1.66. The molecule has 3 atom stereocenters. The molecule has 0 saturated heterocycles. The Morgan fingerprint density at radius 1 is 0.897 bits per heavy atom. The molecule has 3 unspecified atom stereocenters. The molecule has 0 radical (unpaired) electrons. The van der Waals surface area contributed by atoms with Gasteiger partial charge in [0, 0.05) is 6.42 Å². The van der Waals surface area contributed by atoms with Gasteiger partial charge in [0.2, 0.25) is 17.7 Å². The number of carboxylic acid groups (broad SMARTS) is 3. The van der Waals surface area contributed by atoms with Gasteiger partial charge in [-0.15, -0.1) is 0 Å². The lowest BCUT2D eigenvalue weighted by Gasteiger charge is -2.23. The van der Waals surface area contributed by atoms with Crippen LogP contribution in [0.3, 0.4) is 0 Å². The van der Waals surface area contributed by atoms with Crippen LogP contribution in [0.2, 0.25) is 0 Å². The van der Waals surface area contributed by atoms with Gasteiger partial charge >= 0.3 is 17.9 Å². The van der Waals surface area contributed by atoms with E-state index in [1.165, 1.54) is 0 Å². The van der Waals surface area contributed by atoms with Crippen LogP contribution in [0.5, 0.6) is 0 Å². The maximum absolute atomic E-state index is 12.3. The van der Waals surface area contributed by atoms with E-state index in [0.717, 1.165) is 0 Å². The second-order valence-electron chi connectivity index (χ2n) is 6.54. The standard InChI is InChI=1S/C16H26N4O9/c1-7(2)13(20-14(26)8(17)3-4-11(22)23)15(27)18-6-10(21)19-9(16(28)29)5-12(24)25/h7-9,13H,3-6,17H2,1-2H3,(H,18,27)(H,19,21)(H,20,26)(H,22,23)(H,24,25)(H,28,29). The van der Waals surface area contributed by atoms with E-state index < -0.39 is 72.6 Å². The molecule has 0 spiro atoms. The monoisotopic (exact) mass is 418 g/mol. The quantitative estimate of drug-likeness (QED) is 0.166. The molecule has 0 rings (SSSR count). The van der Waals surface area contributed by atoms with Gasteiger partial charge in [-0.05, 0) is 12.3 Å². The molecule has 8 N–H and O–H groups in total. The van der Waals surface area contributed by atoms with Gasteiger partial charge in [0.05, 0.1) is 19.0 Å². The van der Waals surface area contributed by atoms with Crippen LogP contribution in [-0.2, 0) is 28.8 Å². The Labute approximate surface area is 166 Å². The highest BCUT2D eigenvalue weighted by Gasteiger charge is 2.28. The third kappa shape index (κ3) is 10.6. The summed E-state index contributed by atoms with van der Waals surface area (Å²) in [6, 6.07) is -3.89. The third-order valence-electron chi connectivity index (χ3n) is 3.69. The van der Waals surface area contributed by atoms with Crippen LogP contribution in [0.15, 0.2) is 0 Å². The summed E-state index contributed by atoms with van der Waals surface area (Å²) in [6.07, 6.45) is -1.29. The molecule has 0 aliphatic rings. The van der Waals surface area contributed by atoms with Gasteiger partial charge in [0.1, 0.15) is 12.1 Å². The number of aliphatic carboxylic acids is 3. The predicted octanol–water partition coefficient (Wildman–Crippen LogP) is -2.52. The van der Waals surface area contributed by atoms with E-state index in [2.05, 4.69) is 10.6 Å². The number of carbonyl (C=O) groups is 6. The number of nitrogens with two attached hydrogens (primary N) is 1. The Morgan fingerprint density at radius 2 is 1.48 bits per heavy atom. The van der Waals surface area contributed by atoms with Crippen molar-refractivity contribution in [1.29, 1.82) is 0 Å². The zero-order chi connectivity index (χ0) is 22.7. The molecule has 0 aromatic heterocycles. The summed E-state index contributed by atoms with van der Waals surface area (Å²) in [5, 5.41) is 32.7. The molecule has 0 aromatic rings. The molecule has 3 amide bonds. The Balaban J connectivity index is 4.76. The average molecular weight is 418 g/mol. The molecular weight excluding hydrogens is 392 g/mol. The SMILES string of the molecule is CC(C)C(NC(=O)C(N)CCC(=O)O)C(=O)NCC(=O)NC(CC(=O)O)C(=O)O. The highest BCUT2D eigenvalue weighted by atomic mass is 16.4. The van der Waals surface area contributed by atoms with Crippen LogP contribution < -0.4 is 21.7 Å². The Kier molecular flexibility index (Phi) is 10.9. The fourth-order valence-electron chi connectivity index (χ4n) is 2.10. The molecule has 0 aliphatic heterocycles. The molecule has 0 fully saturated rings. The second kappa shape index (κ2) is 12.3. The first kappa shape index (κ1) is 25.8. The molecule has 13 heteroatoms. The smallest absolute Gasteiger partial charge is 0.326 e. The number of amides is 3. The fraction of sp³-hybridized carbons (Fsp3) is 0.625. The van der Waals surface area contributed by atoms with Crippen LogP contribution in [0.1, 0.15) is 33.1 Å². The van der Waals surface area contributed by atoms with Gasteiger partial charge in [-0.3, -0.25) is 24.0 Å². The number of carbonyl (C=O) groups excluding carboxylic acids is 3. The van der Waals surface area contributed by atoms with Crippen LogP contribution in [0.4, 0.5) is 0 Å². The summed E-state index contributed by atoms with van der Waals surface area (Å²) in [4.78, 5) is 68.1. The number of hydrogen-bond donors (Lipinski definition) is 7. The van der Waals surface area contributed by atoms with E-state index in [9.17, 15) is 28.8 Å². The highest BCUT2D eigenvalue weighted by molar-refractivity contribution is 5.93. The average Bonchev–Trinajstić information content (AvgIpc) is 2.60. The first-order valence-electron chi connectivity index (χ1n) is 8.64. The van der Waals surface area contributed by atoms with Gasteiger partial charge in [0.15, 0.2) is 0 Å². The fourth-order valence-corrected chi connectivity index (χ4v) is 2.10. The van der Waals surface area contributed by atoms with Crippen molar-refractivity contribution in [3.05, 3.63) is 0 Å². The van der Waals surface area contributed by atoms with Crippen LogP contribution in [0, 0.1) is 5.92 Å². The van der Waals surface area contributed by atoms with Crippen molar-refractivity contribution in [3.63, 3.8) is 0 Å². The lowest BCUT2D eigenvalue weighted by atomic mass is 10.0. The molecule has 0 aliphatic carbocycles. The van der Waals surface area contributed by atoms with Crippen molar-refractivity contribution in [2.45, 2.75) is 51.2 Å². The molecule has 0 bridgehead atoms. The van der Waals surface area contributed by atoms with E-state index in [0.29, 0.717) is 0 Å². The lowest BCUT2D eigenvalue weighted by Crippen LogP contribution is -2.55. The van der Waals surface area contributed by atoms with Gasteiger partial charge in [-0.2, -0.15) is 0 Å². The summed E-state index contributed by atoms with van der Waals surface area (Å²) >= 11 is 0. The topological polar surface area (TPSA) is 225 Å². The Bertz CT molecular complexity index is 650. The lowest BCUT2D eigenvalue weighted by molar-refractivity contribution is -0.147. The summed E-state index contributed by atoms with van der Waals surface area (Å²) < 4.78 is 0. The second-order valence-corrected chi connectivity index (χ2v) is 6.54. The van der Waals surface area contributed by atoms with Crippen LogP contribution in [-0.4, -0.2) is 75.6 Å². The normalized spacial score (nSPS) is 13.7. The van der Waals surface area contributed by atoms with Gasteiger partial charge in [-0.25, -0.2) is 4.79 Å². The Morgan fingerprint density at radius 3 is 1.93 bits per heavy atom. The molecule has 0 heterocycles. The van der Waals surface area contributed by atoms with Crippen molar-refractivity contribution in [3.8, 4) is 0 Å². The summed E-state index contributed by atoms with van der Waals surface area (Å²) in [5.74, 6) is -6.93. The summed E-state index contributed by atoms with van der Waals surface area (Å²) in [6.45, 7) is 2.58. The summed E-state index contributed by atoms with van der Waals surface area (Å²) in [5.41, 5.74) is 5.58. The minimum Gasteiger partial charge on any atom is -0.481 e. The zero-order valence-electron chi connectivity index (χ0n) is 16.0. The predicted molar refractivity (Wildman–Crippen MR) is 96.4 cm³/mol. The van der Waals surface area contributed by atoms with E-state index in [1.54, 1.807) is 13.8 Å². The van der Waals surface area contributed by atoms with Crippen molar-refractivity contribution < 1.29 is 44.1 Å². The molecule has 29 heavy (non-hydrogen) atoms. The number of hydrogen-bond acceptors (Lipinski definition) is 7. The van der Waals surface area contributed by atoms with E-state index in [1.807, 2.05) is 5.32 Å². The van der Waals surface area contributed by atoms with E-state index in [-0.39, 0.29) is 12.8 Å². The number of carboxylic acids is 3. The molecule has 0 aromatic carbocycles. The zero-order valence-corrected chi connectivity index (χ0v) is 16.0. The Hall–Kier alpha value is -3.22. The van der Waals surface area contributed by atoms with Crippen molar-refractivity contribution in [1.82, 2.24) is 16.0 Å². The van der Waals surface area contributed by atoms with Crippen LogP contribution >= 0.6 is 0 Å². The van der Waals surface area contributed by atoms with Crippen molar-refractivity contribution in [2.75, 3.05) is 6.54 Å². The summed E-state index contributed by atoms with van der Waals surface area (Å²) in [7, 11) is 0. The van der Waals surface area contributed by atoms with Gasteiger partial charge < -0.3 is 37.0 Å². The molecule has 164 valence electrons. The van der Waals surface area contributed by atoms with E-state index >= 15 is 0 Å². The first-order valence-corrected chi connectivity index (χ1v) is 8.64. The van der Waals surface area contributed by atoms with Gasteiger partial charge in [0.25, 0.3) is 0 Å². The number of rotatable bonds is 13. The highest BCUT2D eigenvalue weighted by Crippen LogP contribution is 2.04. The molecule has 0 saturated carbocycles. The molecular formula is C16H26N4O9. The van der Waals surface area contributed by atoms with Crippen molar-refractivity contribution >= 4 is 35.6 Å². The maximum Gasteiger partial charge on any atom is 0.326 e. The molecule has 13 nitrogen and oxygen atoms in total. The number of nitrogens with one attached hydrogen (secondary N) is 3. The van der Waals surface area contributed by atoms with Crippen molar-refractivity contribution in [2.24, 2.45) is 11.7 Å². The maximum atomic E-state index is 12.3. The van der Waals surface area contributed by atoms with Gasteiger partial charge in [-0.1, -0.05) is 13.8 Å². The largest absolute Gasteiger partial charge is 0.481 e. The van der Waals surface area contributed by atoms with Crippen LogP contribution in [0.25, 0.3) is 0 Å². The minimum absolute atomic E-state index is 0.129. The first-order chi connectivity index (χ1) is 13.3. The van der Waals surface area contributed by atoms with E-state index in [4.69, 9.17) is 21.1 Å². The third-order valence-corrected chi connectivity index (χ3v) is 3.69.